The fourth-order valence-corrected chi connectivity index (χ4v) is 4.22. The molecule has 3 heterocycles. The van der Waals surface area contributed by atoms with E-state index in [9.17, 15) is 4.79 Å². The molecule has 0 radical (unpaired) electrons. The summed E-state index contributed by atoms with van der Waals surface area (Å²) in [6, 6.07) is 0.0620. The number of aromatic nitrogens is 3. The van der Waals surface area contributed by atoms with E-state index >= 15 is 0 Å². The van der Waals surface area contributed by atoms with Gasteiger partial charge in [-0.25, -0.2) is 9.78 Å². The Morgan fingerprint density at radius 2 is 2.22 bits per heavy atom. The highest BCUT2D eigenvalue weighted by atomic mass is 32.1. The van der Waals surface area contributed by atoms with Crippen LogP contribution in [0, 0.1) is 0 Å². The third-order valence-electron chi connectivity index (χ3n) is 4.76. The molecule has 0 bridgehead atoms. The lowest BCUT2D eigenvalue weighted by molar-refractivity contribution is 0.235. The smallest absolute Gasteiger partial charge is 0.315 e. The third-order valence-corrected chi connectivity index (χ3v) is 5.67. The van der Waals surface area contributed by atoms with Crippen LogP contribution >= 0.6 is 11.3 Å². The summed E-state index contributed by atoms with van der Waals surface area (Å²) in [7, 11) is 1.92. The summed E-state index contributed by atoms with van der Waals surface area (Å²) in [5.41, 5.74) is 2.30. The van der Waals surface area contributed by atoms with Gasteiger partial charge in [-0.3, -0.25) is 4.68 Å². The Hall–Kier alpha value is -2.09. The summed E-state index contributed by atoms with van der Waals surface area (Å²) in [6.07, 6.45) is 6.73. The number of thiazole rings is 1. The van der Waals surface area contributed by atoms with Gasteiger partial charge in [0, 0.05) is 56.1 Å². The van der Waals surface area contributed by atoms with Crippen molar-refractivity contribution < 1.29 is 4.79 Å². The number of anilines is 1. The van der Waals surface area contributed by atoms with Gasteiger partial charge in [0.2, 0.25) is 0 Å². The van der Waals surface area contributed by atoms with E-state index in [0.717, 1.165) is 48.7 Å². The molecule has 0 saturated carbocycles. The number of amides is 2. The number of urea groups is 1. The highest BCUT2D eigenvalue weighted by Crippen LogP contribution is 2.24. The van der Waals surface area contributed by atoms with Crippen molar-refractivity contribution in [2.24, 2.45) is 7.05 Å². The monoisotopic (exact) mass is 390 g/mol. The van der Waals surface area contributed by atoms with Crippen molar-refractivity contribution in [2.75, 3.05) is 24.5 Å². The first-order valence-corrected chi connectivity index (χ1v) is 10.4. The minimum Gasteiger partial charge on any atom is -0.367 e. The van der Waals surface area contributed by atoms with Gasteiger partial charge >= 0.3 is 6.03 Å². The van der Waals surface area contributed by atoms with Crippen LogP contribution in [-0.2, 0) is 18.9 Å². The molecule has 1 unspecified atom stereocenters. The van der Waals surface area contributed by atoms with E-state index in [0.29, 0.717) is 6.54 Å². The average molecular weight is 391 g/mol. The molecule has 7 nitrogen and oxygen atoms in total. The van der Waals surface area contributed by atoms with E-state index < -0.39 is 0 Å². The Labute approximate surface area is 165 Å². The van der Waals surface area contributed by atoms with Gasteiger partial charge in [0.25, 0.3) is 0 Å². The number of hydrogen-bond acceptors (Lipinski definition) is 5. The van der Waals surface area contributed by atoms with Gasteiger partial charge in [-0.05, 0) is 12.8 Å². The average Bonchev–Trinajstić information content (AvgIpc) is 3.24. The normalized spacial score (nSPS) is 17.8. The van der Waals surface area contributed by atoms with E-state index in [1.165, 1.54) is 0 Å². The third kappa shape index (κ3) is 5.45. The van der Waals surface area contributed by atoms with E-state index in [1.54, 1.807) is 11.3 Å². The molecule has 2 aromatic heterocycles. The fourth-order valence-electron chi connectivity index (χ4n) is 3.19. The molecule has 1 aliphatic heterocycles. The molecule has 0 aliphatic carbocycles. The van der Waals surface area contributed by atoms with Crippen LogP contribution < -0.4 is 15.5 Å². The van der Waals surface area contributed by atoms with Crippen LogP contribution in [0.15, 0.2) is 17.8 Å². The second-order valence-electron chi connectivity index (χ2n) is 8.18. The molecule has 148 valence electrons. The second kappa shape index (κ2) is 8.29. The van der Waals surface area contributed by atoms with Gasteiger partial charge in [-0.1, -0.05) is 20.8 Å². The molecular formula is C19H30N6OS. The van der Waals surface area contributed by atoms with Crippen LogP contribution in [-0.4, -0.2) is 46.5 Å². The molecule has 2 aromatic rings. The van der Waals surface area contributed by atoms with E-state index in [-0.39, 0.29) is 17.5 Å². The molecule has 2 amide bonds. The van der Waals surface area contributed by atoms with E-state index in [1.807, 2.05) is 24.1 Å². The minimum atomic E-state index is -0.0966. The molecule has 27 heavy (non-hydrogen) atoms. The molecule has 3 rings (SSSR count). The Morgan fingerprint density at radius 3 is 2.89 bits per heavy atom. The lowest BCUT2D eigenvalue weighted by Crippen LogP contribution is -2.50. The SMILES string of the molecule is Cn1cc(N2CCCC(NC(=O)NCCc3nc(C(C)(C)C)cs3)C2)cn1. The Morgan fingerprint density at radius 1 is 1.41 bits per heavy atom. The lowest BCUT2D eigenvalue weighted by Gasteiger charge is -2.33. The summed E-state index contributed by atoms with van der Waals surface area (Å²) >= 11 is 1.67. The molecular weight excluding hydrogens is 360 g/mol. The first-order chi connectivity index (χ1) is 12.8. The molecule has 1 atom stereocenters. The zero-order chi connectivity index (χ0) is 19.4. The highest BCUT2D eigenvalue weighted by molar-refractivity contribution is 7.09. The van der Waals surface area contributed by atoms with Crippen molar-refractivity contribution in [3.8, 4) is 0 Å². The molecule has 1 saturated heterocycles. The standard InChI is InChI=1S/C19H30N6OS/c1-19(2,3)16-13-27-17(23-16)7-8-20-18(26)22-14-6-5-9-25(11-14)15-10-21-24(4)12-15/h10,12-14H,5-9,11H2,1-4H3,(H2,20,22,26). The first-order valence-electron chi connectivity index (χ1n) is 9.54. The Kier molecular flexibility index (Phi) is 6.04. The van der Waals surface area contributed by atoms with Crippen LogP contribution in [0.1, 0.15) is 44.3 Å². The number of carbonyl (C=O) groups excluding carboxylic acids is 1. The molecule has 0 spiro atoms. The maximum atomic E-state index is 12.2. The quantitative estimate of drug-likeness (QED) is 0.823. The number of rotatable bonds is 5. The van der Waals surface area contributed by atoms with Crippen molar-refractivity contribution >= 4 is 23.1 Å². The summed E-state index contributed by atoms with van der Waals surface area (Å²) < 4.78 is 1.81. The number of hydrogen-bond donors (Lipinski definition) is 2. The van der Waals surface area contributed by atoms with Gasteiger partial charge in [0.1, 0.15) is 0 Å². The molecule has 0 aromatic carbocycles. The zero-order valence-electron chi connectivity index (χ0n) is 16.7. The van der Waals surface area contributed by atoms with Crippen molar-refractivity contribution in [1.29, 1.82) is 0 Å². The molecule has 1 aliphatic rings. The number of nitrogens with zero attached hydrogens (tertiary/aromatic N) is 4. The van der Waals surface area contributed by atoms with Crippen molar-refractivity contribution in [3.63, 3.8) is 0 Å². The summed E-state index contributed by atoms with van der Waals surface area (Å²) in [5, 5.41) is 13.5. The highest BCUT2D eigenvalue weighted by Gasteiger charge is 2.22. The van der Waals surface area contributed by atoms with Crippen LogP contribution in [0.4, 0.5) is 10.5 Å². The van der Waals surface area contributed by atoms with Crippen LogP contribution in [0.5, 0.6) is 0 Å². The lowest BCUT2D eigenvalue weighted by atomic mass is 9.93. The van der Waals surface area contributed by atoms with E-state index in [2.05, 4.69) is 51.8 Å². The van der Waals surface area contributed by atoms with Gasteiger partial charge < -0.3 is 15.5 Å². The fraction of sp³-hybridized carbons (Fsp3) is 0.632. The predicted molar refractivity (Wildman–Crippen MR) is 109 cm³/mol. The molecule has 1 fully saturated rings. The molecule has 2 N–H and O–H groups in total. The Bertz CT molecular complexity index is 762. The van der Waals surface area contributed by atoms with Crippen LogP contribution in [0.3, 0.4) is 0 Å². The number of carbonyl (C=O) groups is 1. The van der Waals surface area contributed by atoms with Crippen molar-refractivity contribution in [2.45, 2.75) is 51.5 Å². The molecule has 8 heteroatoms. The van der Waals surface area contributed by atoms with Crippen LogP contribution in [0.2, 0.25) is 0 Å². The summed E-state index contributed by atoms with van der Waals surface area (Å²) in [4.78, 5) is 19.2. The summed E-state index contributed by atoms with van der Waals surface area (Å²) in [5.74, 6) is 0. The van der Waals surface area contributed by atoms with Crippen molar-refractivity contribution in [3.05, 3.63) is 28.5 Å². The van der Waals surface area contributed by atoms with E-state index in [4.69, 9.17) is 0 Å². The maximum Gasteiger partial charge on any atom is 0.315 e. The van der Waals surface area contributed by atoms with Crippen LogP contribution in [0.25, 0.3) is 0 Å². The number of aryl methyl sites for hydroxylation is 1. The minimum absolute atomic E-state index is 0.0701. The van der Waals surface area contributed by atoms with Gasteiger partial charge in [-0.15, -0.1) is 11.3 Å². The Balaban J connectivity index is 1.42. The van der Waals surface area contributed by atoms with Crippen molar-refractivity contribution in [1.82, 2.24) is 25.4 Å². The van der Waals surface area contributed by atoms with Gasteiger partial charge in [-0.2, -0.15) is 5.10 Å². The summed E-state index contributed by atoms with van der Waals surface area (Å²) in [6.45, 7) is 8.91. The number of nitrogens with one attached hydrogen (secondary N) is 2. The largest absolute Gasteiger partial charge is 0.367 e. The second-order valence-corrected chi connectivity index (χ2v) is 9.13. The first kappa shape index (κ1) is 19.7. The zero-order valence-corrected chi connectivity index (χ0v) is 17.5. The predicted octanol–water partition coefficient (Wildman–Crippen LogP) is 2.68. The van der Waals surface area contributed by atoms with Gasteiger partial charge in [0.05, 0.1) is 22.6 Å². The maximum absolute atomic E-state index is 12.2. The topological polar surface area (TPSA) is 75.1 Å². The number of piperidine rings is 1. The van der Waals surface area contributed by atoms with Gasteiger partial charge in [0.15, 0.2) is 0 Å².